The summed E-state index contributed by atoms with van der Waals surface area (Å²) >= 11 is 0. The van der Waals surface area contributed by atoms with E-state index in [2.05, 4.69) is 45.6 Å². The van der Waals surface area contributed by atoms with Crippen molar-refractivity contribution in [2.75, 3.05) is 31.6 Å². The molecule has 0 spiro atoms. The highest BCUT2D eigenvalue weighted by molar-refractivity contribution is 7.90. The Labute approximate surface area is 260 Å². The maximum Gasteiger partial charge on any atom is 0.147 e. The molecule has 6 nitrogen and oxygen atoms in total. The summed E-state index contributed by atoms with van der Waals surface area (Å²) in [5.41, 5.74) is 2.50. The molecule has 5 fully saturated rings. The highest BCUT2D eigenvalue weighted by atomic mass is 32.2. The van der Waals surface area contributed by atoms with Crippen molar-refractivity contribution >= 4 is 20.9 Å². The van der Waals surface area contributed by atoms with Gasteiger partial charge in [0.15, 0.2) is 0 Å². The molecule has 1 aromatic heterocycles. The van der Waals surface area contributed by atoms with E-state index in [1.807, 2.05) is 0 Å². The van der Waals surface area contributed by atoms with Gasteiger partial charge in [0.25, 0.3) is 0 Å². The van der Waals surface area contributed by atoms with Gasteiger partial charge in [-0.05, 0) is 113 Å². The maximum atomic E-state index is 11.7. The number of rotatable bonds is 8. The topological polar surface area (TPSA) is 58.4 Å². The molecule has 43 heavy (non-hydrogen) atoms. The van der Waals surface area contributed by atoms with Crippen LogP contribution in [0.25, 0.3) is 11.0 Å². The van der Waals surface area contributed by atoms with Gasteiger partial charge in [0.1, 0.15) is 15.7 Å². The van der Waals surface area contributed by atoms with Crippen LogP contribution in [0.1, 0.15) is 109 Å². The first-order valence-electron chi connectivity index (χ1n) is 17.9. The standard InChI is InChI=1S/C36H56N4O2S/c1-26-14-15-30-23-32(24-35(26)39(30)31-20-27-9-3-4-10-28(19-27)21-31)40-34-13-6-5-12-33(34)37-36(40)22-29-11-7-16-38(25-29)17-8-18-43(2,41)42/h5-6,12-13,26-32,35H,3-4,7-11,14-25H2,1-2H3/t26-,27-,28+,29+,30+,31-,32-,35+/m1/s1. The fraction of sp³-hybridized carbons (Fsp3) is 0.806. The van der Waals surface area contributed by atoms with Crippen molar-refractivity contribution in [3.8, 4) is 0 Å². The Morgan fingerprint density at radius 2 is 1.65 bits per heavy atom. The molecule has 2 aliphatic carbocycles. The van der Waals surface area contributed by atoms with Crippen molar-refractivity contribution in [3.05, 3.63) is 30.1 Å². The van der Waals surface area contributed by atoms with Gasteiger partial charge in [-0.1, -0.05) is 44.7 Å². The SMILES string of the molecule is C[C@@H]1CC[C@H]2C[C@@H](n3c(C[C@@H]4CCCN(CCCS(C)(=O)=O)C4)nc4ccccc43)C[C@@H]1N2[C@@H]1C[C@@H]2CCCC[C@@H](C2)C1. The number of imidazole rings is 1. The van der Waals surface area contributed by atoms with Crippen molar-refractivity contribution in [1.29, 1.82) is 0 Å². The molecule has 0 radical (unpaired) electrons. The molecule has 7 rings (SSSR count). The molecular formula is C36H56N4O2S. The smallest absolute Gasteiger partial charge is 0.147 e. The van der Waals surface area contributed by atoms with Gasteiger partial charge in [0.05, 0.1) is 16.8 Å². The van der Waals surface area contributed by atoms with Crippen LogP contribution in [-0.4, -0.2) is 77.5 Å². The summed E-state index contributed by atoms with van der Waals surface area (Å²) in [5.74, 6) is 4.92. The lowest BCUT2D eigenvalue weighted by Crippen LogP contribution is -2.60. The number of sulfone groups is 1. The number of hydrogen-bond acceptors (Lipinski definition) is 5. The van der Waals surface area contributed by atoms with Crippen LogP contribution in [0.2, 0.25) is 0 Å². The Morgan fingerprint density at radius 3 is 2.44 bits per heavy atom. The number of aromatic nitrogens is 2. The monoisotopic (exact) mass is 608 g/mol. The molecule has 2 aromatic rings. The number of nitrogens with zero attached hydrogens (tertiary/aromatic N) is 4. The van der Waals surface area contributed by atoms with Crippen LogP contribution in [-0.2, 0) is 16.3 Å². The van der Waals surface area contributed by atoms with Crippen LogP contribution >= 0.6 is 0 Å². The second-order valence-electron chi connectivity index (χ2n) is 15.6. The molecule has 3 saturated heterocycles. The summed E-state index contributed by atoms with van der Waals surface area (Å²) in [4.78, 5) is 11.0. The predicted molar refractivity (Wildman–Crippen MR) is 176 cm³/mol. The number of hydrogen-bond donors (Lipinski definition) is 0. The first kappa shape index (κ1) is 30.2. The Hall–Kier alpha value is -1.44. The fourth-order valence-corrected chi connectivity index (χ4v) is 11.2. The minimum absolute atomic E-state index is 0.297. The third-order valence-corrected chi connectivity index (χ3v) is 13.4. The van der Waals surface area contributed by atoms with Gasteiger partial charge in [-0.2, -0.15) is 0 Å². The van der Waals surface area contributed by atoms with Crippen LogP contribution in [0.5, 0.6) is 0 Å². The summed E-state index contributed by atoms with van der Waals surface area (Å²) in [6.07, 6.45) is 21.2. The quantitative estimate of drug-likeness (QED) is 0.327. The van der Waals surface area contributed by atoms with Crippen molar-refractivity contribution in [3.63, 3.8) is 0 Å². The number of fused-ring (bicyclic) bond motifs is 5. The molecule has 0 amide bonds. The van der Waals surface area contributed by atoms with E-state index in [0.717, 1.165) is 67.8 Å². The minimum atomic E-state index is -2.89. The Bertz CT molecular complexity index is 1340. The van der Waals surface area contributed by atoms with Gasteiger partial charge in [-0.25, -0.2) is 13.4 Å². The Balaban J connectivity index is 1.10. The second-order valence-corrected chi connectivity index (χ2v) is 17.9. The Morgan fingerprint density at radius 1 is 0.860 bits per heavy atom. The van der Waals surface area contributed by atoms with Crippen LogP contribution in [0.4, 0.5) is 0 Å². The normalized spacial score (nSPS) is 36.0. The molecule has 5 aliphatic rings. The van der Waals surface area contributed by atoms with E-state index in [9.17, 15) is 8.42 Å². The van der Waals surface area contributed by atoms with Gasteiger partial charge in [0, 0.05) is 43.4 Å². The maximum absolute atomic E-state index is 11.7. The number of likely N-dealkylation sites (tertiary alicyclic amines) is 1. The molecule has 1 aromatic carbocycles. The summed E-state index contributed by atoms with van der Waals surface area (Å²) in [7, 11) is -2.89. The van der Waals surface area contributed by atoms with Gasteiger partial charge in [0.2, 0.25) is 0 Å². The van der Waals surface area contributed by atoms with Gasteiger partial charge >= 0.3 is 0 Å². The largest absolute Gasteiger partial charge is 0.325 e. The van der Waals surface area contributed by atoms with Crippen LogP contribution in [0.3, 0.4) is 0 Å². The summed E-state index contributed by atoms with van der Waals surface area (Å²) in [6, 6.07) is 11.7. The molecule has 0 N–H and O–H groups in total. The molecule has 8 atom stereocenters. The average Bonchev–Trinajstić information content (AvgIpc) is 3.24. The number of para-hydroxylation sites is 2. The van der Waals surface area contributed by atoms with Crippen molar-refractivity contribution in [1.82, 2.24) is 19.4 Å². The number of piperidine rings is 3. The zero-order valence-electron chi connectivity index (χ0n) is 26.9. The molecule has 7 heteroatoms. The lowest BCUT2D eigenvalue weighted by molar-refractivity contribution is -0.0642. The number of benzene rings is 1. The highest BCUT2D eigenvalue weighted by Gasteiger charge is 2.47. The van der Waals surface area contributed by atoms with Gasteiger partial charge in [-0.3, -0.25) is 4.90 Å². The molecule has 0 unspecified atom stereocenters. The summed E-state index contributed by atoms with van der Waals surface area (Å²) in [5, 5.41) is 0. The van der Waals surface area contributed by atoms with E-state index in [0.29, 0.717) is 23.8 Å². The van der Waals surface area contributed by atoms with Crippen LogP contribution in [0.15, 0.2) is 24.3 Å². The first-order chi connectivity index (χ1) is 20.8. The van der Waals surface area contributed by atoms with Crippen molar-refractivity contribution in [2.24, 2.45) is 23.7 Å². The first-order valence-corrected chi connectivity index (χ1v) is 20.0. The van der Waals surface area contributed by atoms with E-state index < -0.39 is 9.84 Å². The van der Waals surface area contributed by atoms with E-state index in [-0.39, 0.29) is 0 Å². The zero-order chi connectivity index (χ0) is 29.6. The third-order valence-electron chi connectivity index (χ3n) is 12.3. The van der Waals surface area contributed by atoms with Gasteiger partial charge < -0.3 is 9.47 Å². The van der Waals surface area contributed by atoms with E-state index in [1.54, 1.807) is 0 Å². The zero-order valence-corrected chi connectivity index (χ0v) is 27.7. The molecule has 2 saturated carbocycles. The third kappa shape index (κ3) is 6.74. The summed E-state index contributed by atoms with van der Waals surface area (Å²) in [6.45, 7) is 5.61. The Kier molecular flexibility index (Phi) is 8.96. The van der Waals surface area contributed by atoms with E-state index in [1.165, 1.54) is 101 Å². The average molecular weight is 609 g/mol. The second kappa shape index (κ2) is 12.7. The molecule has 3 aliphatic heterocycles. The molecular weight excluding hydrogens is 552 g/mol. The summed E-state index contributed by atoms with van der Waals surface area (Å²) < 4.78 is 26.1. The lowest BCUT2D eigenvalue weighted by atomic mass is 9.71. The minimum Gasteiger partial charge on any atom is -0.325 e. The van der Waals surface area contributed by atoms with E-state index in [4.69, 9.17) is 4.98 Å². The molecule has 238 valence electrons. The van der Waals surface area contributed by atoms with Gasteiger partial charge in [-0.15, -0.1) is 0 Å². The highest BCUT2D eigenvalue weighted by Crippen LogP contribution is 2.49. The van der Waals surface area contributed by atoms with Crippen LogP contribution < -0.4 is 0 Å². The molecule has 4 heterocycles. The van der Waals surface area contributed by atoms with E-state index >= 15 is 0 Å². The van der Waals surface area contributed by atoms with Crippen molar-refractivity contribution < 1.29 is 8.42 Å². The fourth-order valence-electron chi connectivity index (χ4n) is 10.5. The van der Waals surface area contributed by atoms with Crippen LogP contribution in [0, 0.1) is 23.7 Å². The lowest BCUT2D eigenvalue weighted by Gasteiger charge is -2.56. The van der Waals surface area contributed by atoms with Crippen molar-refractivity contribution in [2.45, 2.75) is 127 Å². The molecule has 4 bridgehead atoms. The predicted octanol–water partition coefficient (Wildman–Crippen LogP) is 6.89.